The summed E-state index contributed by atoms with van der Waals surface area (Å²) in [6.07, 6.45) is 2.77. The second-order valence-electron chi connectivity index (χ2n) is 6.88. The Balaban J connectivity index is 1.66. The van der Waals surface area contributed by atoms with Gasteiger partial charge in [0.15, 0.2) is 9.84 Å². The van der Waals surface area contributed by atoms with Crippen molar-refractivity contribution in [2.45, 2.75) is 25.3 Å². The topological polar surface area (TPSA) is 75.7 Å². The maximum atomic E-state index is 12.4. The van der Waals surface area contributed by atoms with Crippen LogP contribution in [0.3, 0.4) is 0 Å². The van der Waals surface area contributed by atoms with Crippen molar-refractivity contribution in [3.8, 4) is 5.75 Å². The monoisotopic (exact) mass is 366 g/mol. The summed E-state index contributed by atoms with van der Waals surface area (Å²) in [7, 11) is -1.40. The van der Waals surface area contributed by atoms with E-state index in [4.69, 9.17) is 4.74 Å². The molecule has 1 N–H and O–H groups in total. The van der Waals surface area contributed by atoms with E-state index in [9.17, 15) is 13.2 Å². The van der Waals surface area contributed by atoms with Gasteiger partial charge in [-0.05, 0) is 50.0 Å². The highest BCUT2D eigenvalue weighted by Crippen LogP contribution is 2.26. The average molecular weight is 366 g/mol. The molecule has 138 valence electrons. The Morgan fingerprint density at radius 2 is 1.96 bits per heavy atom. The molecule has 0 bridgehead atoms. The Morgan fingerprint density at radius 1 is 1.28 bits per heavy atom. The van der Waals surface area contributed by atoms with Crippen LogP contribution in [0.25, 0.3) is 0 Å². The van der Waals surface area contributed by atoms with Gasteiger partial charge in [-0.3, -0.25) is 9.69 Å². The maximum absolute atomic E-state index is 12.4. The van der Waals surface area contributed by atoms with Crippen LogP contribution in [0.1, 0.15) is 30.9 Å². The Labute approximate surface area is 149 Å². The predicted molar refractivity (Wildman–Crippen MR) is 96.3 cm³/mol. The molecule has 2 fully saturated rings. The van der Waals surface area contributed by atoms with Gasteiger partial charge in [0.2, 0.25) is 5.91 Å². The number of methoxy groups -OCH3 is 1. The van der Waals surface area contributed by atoms with Crippen molar-refractivity contribution < 1.29 is 17.9 Å². The van der Waals surface area contributed by atoms with Crippen LogP contribution in [0.15, 0.2) is 24.3 Å². The van der Waals surface area contributed by atoms with Crippen LogP contribution in [0, 0.1) is 5.92 Å². The Bertz CT molecular complexity index is 696. The SMILES string of the molecule is COc1ccc(C(CNC(=O)C2CCS(=O)(=O)C2)N2CCCC2)cc1. The van der Waals surface area contributed by atoms with E-state index in [1.165, 1.54) is 12.8 Å². The van der Waals surface area contributed by atoms with Gasteiger partial charge < -0.3 is 10.1 Å². The summed E-state index contributed by atoms with van der Waals surface area (Å²) in [4.78, 5) is 14.8. The Hall–Kier alpha value is -1.60. The number of carbonyl (C=O) groups excluding carboxylic acids is 1. The van der Waals surface area contributed by atoms with Crippen LogP contribution in [-0.4, -0.2) is 57.5 Å². The lowest BCUT2D eigenvalue weighted by molar-refractivity contribution is -0.124. The van der Waals surface area contributed by atoms with Gasteiger partial charge in [-0.1, -0.05) is 12.1 Å². The molecule has 1 aromatic carbocycles. The van der Waals surface area contributed by atoms with Gasteiger partial charge in [0.25, 0.3) is 0 Å². The molecule has 0 aliphatic carbocycles. The fourth-order valence-electron chi connectivity index (χ4n) is 3.68. The minimum absolute atomic E-state index is 0.0181. The fraction of sp³-hybridized carbons (Fsp3) is 0.611. The largest absolute Gasteiger partial charge is 0.497 e. The smallest absolute Gasteiger partial charge is 0.224 e. The number of carbonyl (C=O) groups is 1. The number of ether oxygens (including phenoxy) is 1. The number of amides is 1. The summed E-state index contributed by atoms with van der Waals surface area (Å²) in [5, 5.41) is 2.99. The molecular formula is C18H26N2O4S. The minimum atomic E-state index is -3.04. The summed E-state index contributed by atoms with van der Waals surface area (Å²) in [6.45, 7) is 2.54. The zero-order valence-corrected chi connectivity index (χ0v) is 15.4. The van der Waals surface area contributed by atoms with Crippen LogP contribution in [0.5, 0.6) is 5.75 Å². The van der Waals surface area contributed by atoms with E-state index < -0.39 is 15.8 Å². The molecule has 0 spiro atoms. The third-order valence-electron chi connectivity index (χ3n) is 5.15. The first-order valence-electron chi connectivity index (χ1n) is 8.84. The second kappa shape index (κ2) is 7.74. The zero-order valence-electron chi connectivity index (χ0n) is 14.6. The molecule has 7 heteroatoms. The Morgan fingerprint density at radius 3 is 2.52 bits per heavy atom. The molecule has 3 rings (SSSR count). The van der Waals surface area contributed by atoms with Crippen molar-refractivity contribution in [2.75, 3.05) is 38.2 Å². The van der Waals surface area contributed by atoms with Gasteiger partial charge in [0.05, 0.1) is 30.6 Å². The van der Waals surface area contributed by atoms with Crippen molar-refractivity contribution in [1.29, 1.82) is 0 Å². The number of hydrogen-bond acceptors (Lipinski definition) is 5. The van der Waals surface area contributed by atoms with Crippen LogP contribution in [0.2, 0.25) is 0 Å². The lowest BCUT2D eigenvalue weighted by Gasteiger charge is -2.28. The highest BCUT2D eigenvalue weighted by molar-refractivity contribution is 7.91. The molecule has 6 nitrogen and oxygen atoms in total. The van der Waals surface area contributed by atoms with Gasteiger partial charge in [0.1, 0.15) is 5.75 Å². The summed E-state index contributed by atoms with van der Waals surface area (Å²) in [5.74, 6) is 0.373. The highest BCUT2D eigenvalue weighted by atomic mass is 32.2. The first-order chi connectivity index (χ1) is 12.0. The number of likely N-dealkylation sites (tertiary alicyclic amines) is 1. The van der Waals surface area contributed by atoms with Crippen LogP contribution >= 0.6 is 0 Å². The number of hydrogen-bond donors (Lipinski definition) is 1. The maximum Gasteiger partial charge on any atom is 0.224 e. The molecule has 1 aromatic rings. The minimum Gasteiger partial charge on any atom is -0.497 e. The Kier molecular flexibility index (Phi) is 5.64. The summed E-state index contributed by atoms with van der Waals surface area (Å²) >= 11 is 0. The van der Waals surface area contributed by atoms with Crippen molar-refractivity contribution in [3.63, 3.8) is 0 Å². The van der Waals surface area contributed by atoms with Crippen LogP contribution in [0.4, 0.5) is 0 Å². The lowest BCUT2D eigenvalue weighted by atomic mass is 10.0. The summed E-state index contributed by atoms with van der Waals surface area (Å²) in [5.41, 5.74) is 1.14. The van der Waals surface area contributed by atoms with E-state index in [1.54, 1.807) is 7.11 Å². The first-order valence-corrected chi connectivity index (χ1v) is 10.7. The molecule has 0 aromatic heterocycles. The molecule has 0 radical (unpaired) electrons. The third-order valence-corrected chi connectivity index (χ3v) is 6.92. The number of sulfone groups is 1. The van der Waals surface area contributed by atoms with Gasteiger partial charge in [-0.2, -0.15) is 0 Å². The second-order valence-corrected chi connectivity index (χ2v) is 9.11. The van der Waals surface area contributed by atoms with E-state index in [0.29, 0.717) is 13.0 Å². The van der Waals surface area contributed by atoms with E-state index in [0.717, 1.165) is 24.4 Å². The first kappa shape index (κ1) is 18.2. The molecular weight excluding hydrogens is 340 g/mol. The molecule has 2 atom stereocenters. The molecule has 2 heterocycles. The molecule has 2 aliphatic heterocycles. The van der Waals surface area contributed by atoms with Gasteiger partial charge in [0, 0.05) is 6.54 Å². The van der Waals surface area contributed by atoms with E-state index in [-0.39, 0.29) is 23.5 Å². The van der Waals surface area contributed by atoms with Crippen LogP contribution < -0.4 is 10.1 Å². The average Bonchev–Trinajstić information content (AvgIpc) is 3.25. The van der Waals surface area contributed by atoms with Crippen molar-refractivity contribution >= 4 is 15.7 Å². The van der Waals surface area contributed by atoms with E-state index in [2.05, 4.69) is 10.2 Å². The number of nitrogens with zero attached hydrogens (tertiary/aromatic N) is 1. The highest BCUT2D eigenvalue weighted by Gasteiger charge is 2.33. The van der Waals surface area contributed by atoms with Crippen LogP contribution in [-0.2, 0) is 14.6 Å². The standard InChI is InChI=1S/C18H26N2O4S/c1-24-16-6-4-14(5-7-16)17(20-9-2-3-10-20)12-19-18(21)15-8-11-25(22,23)13-15/h4-7,15,17H,2-3,8-13H2,1H3,(H,19,21). The molecule has 2 unspecified atom stereocenters. The number of nitrogens with one attached hydrogen (secondary N) is 1. The molecule has 2 saturated heterocycles. The summed E-state index contributed by atoms with van der Waals surface area (Å²) < 4.78 is 28.4. The quantitative estimate of drug-likeness (QED) is 0.823. The summed E-state index contributed by atoms with van der Waals surface area (Å²) in [6, 6.07) is 8.05. The van der Waals surface area contributed by atoms with Gasteiger partial charge in [-0.25, -0.2) is 8.42 Å². The number of benzene rings is 1. The fourth-order valence-corrected chi connectivity index (χ4v) is 5.42. The van der Waals surface area contributed by atoms with Crippen molar-refractivity contribution in [2.24, 2.45) is 5.92 Å². The van der Waals surface area contributed by atoms with Gasteiger partial charge >= 0.3 is 0 Å². The normalized spacial score (nSPS) is 24.1. The number of rotatable bonds is 6. The lowest BCUT2D eigenvalue weighted by Crippen LogP contribution is -2.39. The van der Waals surface area contributed by atoms with E-state index in [1.807, 2.05) is 24.3 Å². The molecule has 1 amide bonds. The zero-order chi connectivity index (χ0) is 17.9. The third kappa shape index (κ3) is 4.52. The van der Waals surface area contributed by atoms with Crippen molar-refractivity contribution in [3.05, 3.63) is 29.8 Å². The predicted octanol–water partition coefficient (Wildman–Crippen LogP) is 1.38. The van der Waals surface area contributed by atoms with E-state index >= 15 is 0 Å². The van der Waals surface area contributed by atoms with Crippen molar-refractivity contribution in [1.82, 2.24) is 10.2 Å². The van der Waals surface area contributed by atoms with Gasteiger partial charge in [-0.15, -0.1) is 0 Å². The molecule has 2 aliphatic rings. The molecule has 0 saturated carbocycles. The molecule has 25 heavy (non-hydrogen) atoms.